The van der Waals surface area contributed by atoms with Gasteiger partial charge in [-0.05, 0) is 0 Å². The van der Waals surface area contributed by atoms with Gasteiger partial charge in [0.15, 0.2) is 0 Å². The van der Waals surface area contributed by atoms with Crippen LogP contribution >= 0.6 is 0 Å². The van der Waals surface area contributed by atoms with Crippen molar-refractivity contribution in [1.82, 2.24) is 8.66 Å². The topological polar surface area (TPSA) is 19.0 Å². The number of hydrogen-bond acceptors (Lipinski definition) is 4. The standard InChI is InChI=1S/C9H20NO.2C2H6N.In/c1-8(2,3)10-7-9(4,5)11-6;2*1-3-2;/h7H2,1-6H3;2*1-2H3;/q3*-1;+3. The molecule has 0 N–H and O–H groups in total. The molecule has 5 heteroatoms. The van der Waals surface area contributed by atoms with E-state index >= 15 is 0 Å². The molecule has 0 heterocycles. The van der Waals surface area contributed by atoms with Gasteiger partial charge in [-0.15, -0.1) is 0 Å². The maximum atomic E-state index is 5.63. The van der Waals surface area contributed by atoms with Crippen LogP contribution in [0.3, 0.4) is 0 Å². The van der Waals surface area contributed by atoms with Gasteiger partial charge < -0.3 is 0 Å². The summed E-state index contributed by atoms with van der Waals surface area (Å²) >= 11 is -2.11. The molecule has 0 aliphatic carbocycles. The van der Waals surface area contributed by atoms with Crippen LogP contribution in [0.2, 0.25) is 0 Å². The van der Waals surface area contributed by atoms with E-state index in [-0.39, 0.29) is 11.1 Å². The third-order valence-electron chi connectivity index (χ3n) is 3.17. The SMILES string of the molecule is COC(C)(C)C[N]([In]([N](C)C)[N](C)C)C(C)(C)C. The summed E-state index contributed by atoms with van der Waals surface area (Å²) in [4.78, 5) is 0. The Morgan fingerprint density at radius 1 is 0.889 bits per heavy atom. The van der Waals surface area contributed by atoms with E-state index in [9.17, 15) is 0 Å². The number of ether oxygens (including phenoxy) is 1. The Morgan fingerprint density at radius 3 is 1.50 bits per heavy atom. The molecule has 0 saturated carbocycles. The molecule has 18 heavy (non-hydrogen) atoms. The van der Waals surface area contributed by atoms with E-state index in [1.165, 1.54) is 0 Å². The van der Waals surface area contributed by atoms with Crippen molar-refractivity contribution in [3.05, 3.63) is 0 Å². The molecule has 0 amide bonds. The van der Waals surface area contributed by atoms with E-state index in [0.29, 0.717) is 0 Å². The minimum atomic E-state index is -2.11. The first-order chi connectivity index (χ1) is 7.92. The van der Waals surface area contributed by atoms with E-state index in [0.717, 1.165) is 6.54 Å². The number of rotatable bonds is 6. The fourth-order valence-corrected chi connectivity index (χ4v) is 11.7. The number of methoxy groups -OCH3 is 1. The van der Waals surface area contributed by atoms with Gasteiger partial charge in [-0.3, -0.25) is 0 Å². The van der Waals surface area contributed by atoms with Gasteiger partial charge >= 0.3 is 123 Å². The Bertz CT molecular complexity index is 241. The second-order valence-corrected chi connectivity index (χ2v) is 16.7. The van der Waals surface area contributed by atoms with E-state index < -0.39 is 22.3 Å². The van der Waals surface area contributed by atoms with E-state index in [2.05, 4.69) is 71.5 Å². The van der Waals surface area contributed by atoms with E-state index in [1.54, 1.807) is 7.11 Å². The first kappa shape index (κ1) is 18.7. The van der Waals surface area contributed by atoms with Crippen molar-refractivity contribution in [3.63, 3.8) is 0 Å². The summed E-state index contributed by atoms with van der Waals surface area (Å²) < 4.78 is 13.2. The van der Waals surface area contributed by atoms with Crippen molar-refractivity contribution in [2.45, 2.75) is 45.8 Å². The molecule has 0 aromatic heterocycles. The fraction of sp³-hybridized carbons (Fsp3) is 1.00. The molecule has 0 unspecified atom stereocenters. The number of hydrogen-bond donors (Lipinski definition) is 0. The molecule has 0 aromatic carbocycles. The summed E-state index contributed by atoms with van der Waals surface area (Å²) in [6, 6.07) is 0. The van der Waals surface area contributed by atoms with Crippen molar-refractivity contribution in [2.75, 3.05) is 41.8 Å². The summed E-state index contributed by atoms with van der Waals surface area (Å²) in [6.07, 6.45) is 0. The monoisotopic (exact) mass is 361 g/mol. The molecule has 0 atom stereocenters. The Morgan fingerprint density at radius 2 is 1.28 bits per heavy atom. The van der Waals surface area contributed by atoms with Crippen LogP contribution in [0.4, 0.5) is 0 Å². The van der Waals surface area contributed by atoms with Crippen molar-refractivity contribution in [2.24, 2.45) is 0 Å². The van der Waals surface area contributed by atoms with Gasteiger partial charge in [-0.25, -0.2) is 0 Å². The molecular formula is C13H32InN3O. The van der Waals surface area contributed by atoms with Crippen molar-refractivity contribution in [3.8, 4) is 0 Å². The average molecular weight is 361 g/mol. The molecule has 0 aliphatic rings. The molecule has 108 valence electrons. The van der Waals surface area contributed by atoms with Crippen molar-refractivity contribution < 1.29 is 4.74 Å². The third kappa shape index (κ3) is 5.78. The van der Waals surface area contributed by atoms with Gasteiger partial charge in [-0.1, -0.05) is 0 Å². The van der Waals surface area contributed by atoms with E-state index in [4.69, 9.17) is 4.74 Å². The average Bonchev–Trinajstić information content (AvgIpc) is 2.13. The molecule has 0 radical (unpaired) electrons. The van der Waals surface area contributed by atoms with Crippen LogP contribution in [0.1, 0.15) is 34.6 Å². The van der Waals surface area contributed by atoms with Crippen LogP contribution < -0.4 is 0 Å². The zero-order valence-electron chi connectivity index (χ0n) is 14.0. The van der Waals surface area contributed by atoms with E-state index in [1.807, 2.05) is 0 Å². The van der Waals surface area contributed by atoms with Crippen molar-refractivity contribution >= 4 is 22.3 Å². The zero-order valence-corrected chi connectivity index (χ0v) is 17.3. The zero-order chi connectivity index (χ0) is 14.7. The summed E-state index contributed by atoms with van der Waals surface area (Å²) in [6.45, 7) is 12.2. The Labute approximate surface area is 123 Å². The van der Waals surface area contributed by atoms with Gasteiger partial charge in [0.1, 0.15) is 0 Å². The molecule has 0 saturated heterocycles. The van der Waals surface area contributed by atoms with Crippen LogP contribution in [0.5, 0.6) is 0 Å². The fourth-order valence-electron chi connectivity index (χ4n) is 2.16. The van der Waals surface area contributed by atoms with Gasteiger partial charge in [0.2, 0.25) is 0 Å². The quantitative estimate of drug-likeness (QED) is 0.716. The first-order valence-corrected chi connectivity index (χ1v) is 11.0. The second-order valence-electron chi connectivity index (χ2n) is 7.04. The van der Waals surface area contributed by atoms with Crippen LogP contribution in [0.25, 0.3) is 0 Å². The number of nitrogens with zero attached hydrogens (tertiary/aromatic N) is 3. The molecular weight excluding hydrogens is 329 g/mol. The normalized spacial score (nSPS) is 13.8. The molecule has 0 bridgehead atoms. The molecule has 0 spiro atoms. The molecule has 0 rings (SSSR count). The minimum absolute atomic E-state index is 0.103. The Balaban J connectivity index is 5.22. The van der Waals surface area contributed by atoms with Gasteiger partial charge in [0, 0.05) is 0 Å². The summed E-state index contributed by atoms with van der Waals surface area (Å²) in [7, 11) is 10.6. The first-order valence-electron chi connectivity index (χ1n) is 6.57. The summed E-state index contributed by atoms with van der Waals surface area (Å²) in [5.41, 5.74) is 0.0690. The molecule has 4 nitrogen and oxygen atoms in total. The maximum absolute atomic E-state index is 5.63. The Kier molecular flexibility index (Phi) is 7.20. The van der Waals surface area contributed by atoms with Gasteiger partial charge in [0.05, 0.1) is 0 Å². The molecule has 0 aromatic rings. The summed E-state index contributed by atoms with van der Waals surface area (Å²) in [5.74, 6) is 0. The molecule has 0 aliphatic heterocycles. The third-order valence-corrected chi connectivity index (χ3v) is 12.8. The molecule has 0 fully saturated rings. The van der Waals surface area contributed by atoms with Crippen LogP contribution in [0.15, 0.2) is 0 Å². The predicted octanol–water partition coefficient (Wildman–Crippen LogP) is 1.62. The van der Waals surface area contributed by atoms with Crippen molar-refractivity contribution in [1.29, 1.82) is 0 Å². The second kappa shape index (κ2) is 6.93. The summed E-state index contributed by atoms with van der Waals surface area (Å²) in [5, 5.41) is 0. The van der Waals surface area contributed by atoms with Crippen LogP contribution in [-0.4, -0.2) is 83.9 Å². The van der Waals surface area contributed by atoms with Gasteiger partial charge in [-0.2, -0.15) is 0 Å². The Hall–Kier alpha value is 0.710. The van der Waals surface area contributed by atoms with Crippen LogP contribution in [-0.2, 0) is 4.74 Å². The van der Waals surface area contributed by atoms with Crippen LogP contribution in [0, 0.1) is 0 Å². The van der Waals surface area contributed by atoms with Gasteiger partial charge in [0.25, 0.3) is 0 Å². The predicted molar refractivity (Wildman–Crippen MR) is 80.7 cm³/mol.